The normalized spacial score (nSPS) is 18.5. The molecule has 6 nitrogen and oxygen atoms in total. The third kappa shape index (κ3) is 4.72. The van der Waals surface area contributed by atoms with Crippen molar-refractivity contribution in [2.75, 3.05) is 31.1 Å². The number of aromatic nitrogens is 1. The number of amides is 1. The van der Waals surface area contributed by atoms with E-state index in [1.54, 1.807) is 0 Å². The predicted molar refractivity (Wildman–Crippen MR) is 114 cm³/mol. The summed E-state index contributed by atoms with van der Waals surface area (Å²) in [4.78, 5) is 21.4. The molecule has 0 unspecified atom stereocenters. The number of hydrogen-bond donors (Lipinski definition) is 0. The summed E-state index contributed by atoms with van der Waals surface area (Å²) in [6, 6.07) is 2.45. The van der Waals surface area contributed by atoms with Crippen molar-refractivity contribution in [2.45, 2.75) is 72.5 Å². The molecule has 6 heteroatoms. The molecule has 0 aromatic carbocycles. The number of pyridine rings is 1. The Labute approximate surface area is 174 Å². The van der Waals surface area contributed by atoms with Crippen LogP contribution in [0.3, 0.4) is 0 Å². The first-order valence-corrected chi connectivity index (χ1v) is 10.9. The largest absolute Gasteiger partial charge is 0.370 e. The minimum atomic E-state index is -0.280. The van der Waals surface area contributed by atoms with Crippen LogP contribution in [0.25, 0.3) is 0 Å². The molecular formula is C23H34N4O2. The van der Waals surface area contributed by atoms with Gasteiger partial charge in [0.1, 0.15) is 11.9 Å². The van der Waals surface area contributed by atoms with E-state index < -0.39 is 0 Å². The lowest BCUT2D eigenvalue weighted by atomic mass is 9.86. The van der Waals surface area contributed by atoms with Gasteiger partial charge in [-0.05, 0) is 38.2 Å². The summed E-state index contributed by atoms with van der Waals surface area (Å²) in [5.74, 6) is 1.50. The molecule has 1 fully saturated rings. The van der Waals surface area contributed by atoms with Crippen LogP contribution in [0.2, 0.25) is 0 Å². The van der Waals surface area contributed by atoms with Crippen LogP contribution in [0.5, 0.6) is 0 Å². The fourth-order valence-electron chi connectivity index (χ4n) is 4.26. The Bertz CT molecular complexity index is 802. The summed E-state index contributed by atoms with van der Waals surface area (Å²) >= 11 is 0. The standard InChI is InChI=1S/C23H34N4O2/c1-6-7-21(28)26-8-10-27(11-9-26)22-18(14-24)17-13-23(4,5)29-15-19(17)20(25-22)12-16(2)3/h16H,6-13,15H2,1-5H3. The van der Waals surface area contributed by atoms with E-state index in [0.717, 1.165) is 55.0 Å². The van der Waals surface area contributed by atoms with Gasteiger partial charge in [0.05, 0.1) is 17.8 Å². The number of rotatable bonds is 5. The summed E-state index contributed by atoms with van der Waals surface area (Å²) in [6.07, 6.45) is 3.08. The minimum Gasteiger partial charge on any atom is -0.370 e. The van der Waals surface area contributed by atoms with Crippen molar-refractivity contribution >= 4 is 11.7 Å². The van der Waals surface area contributed by atoms with Gasteiger partial charge in [-0.15, -0.1) is 0 Å². The molecule has 0 aliphatic carbocycles. The second-order valence-corrected chi connectivity index (χ2v) is 9.27. The molecule has 3 heterocycles. The Kier molecular flexibility index (Phi) is 6.48. The Hall–Kier alpha value is -2.13. The highest BCUT2D eigenvalue weighted by molar-refractivity contribution is 5.76. The van der Waals surface area contributed by atoms with Crippen molar-refractivity contribution in [1.29, 1.82) is 5.26 Å². The van der Waals surface area contributed by atoms with Crippen LogP contribution in [0.4, 0.5) is 5.82 Å². The van der Waals surface area contributed by atoms with E-state index in [2.05, 4.69) is 38.7 Å². The molecule has 0 N–H and O–H groups in total. The molecule has 2 aliphatic rings. The second-order valence-electron chi connectivity index (χ2n) is 9.27. The molecular weight excluding hydrogens is 364 g/mol. The lowest BCUT2D eigenvalue weighted by molar-refractivity contribution is -0.131. The Balaban J connectivity index is 1.95. The van der Waals surface area contributed by atoms with Gasteiger partial charge in [-0.1, -0.05) is 20.8 Å². The van der Waals surface area contributed by atoms with Crippen LogP contribution in [0.15, 0.2) is 0 Å². The number of piperazine rings is 1. The number of carbonyl (C=O) groups excluding carboxylic acids is 1. The van der Waals surface area contributed by atoms with E-state index in [-0.39, 0.29) is 11.5 Å². The van der Waals surface area contributed by atoms with Crippen molar-refractivity contribution in [2.24, 2.45) is 5.92 Å². The fourth-order valence-corrected chi connectivity index (χ4v) is 4.26. The number of ether oxygens (including phenoxy) is 1. The first-order chi connectivity index (χ1) is 13.8. The maximum atomic E-state index is 12.2. The first-order valence-electron chi connectivity index (χ1n) is 10.9. The lowest BCUT2D eigenvalue weighted by Gasteiger charge is -2.38. The van der Waals surface area contributed by atoms with Gasteiger partial charge in [-0.3, -0.25) is 4.79 Å². The summed E-state index contributed by atoms with van der Waals surface area (Å²) in [5.41, 5.74) is 3.68. The number of anilines is 1. The highest BCUT2D eigenvalue weighted by Gasteiger charge is 2.33. The molecule has 0 atom stereocenters. The van der Waals surface area contributed by atoms with Crippen LogP contribution in [0.1, 0.15) is 69.8 Å². The molecule has 29 heavy (non-hydrogen) atoms. The molecule has 0 radical (unpaired) electrons. The summed E-state index contributed by atoms with van der Waals surface area (Å²) in [6.45, 7) is 13.9. The van der Waals surface area contributed by atoms with Gasteiger partial charge in [0.15, 0.2) is 0 Å². The molecule has 158 valence electrons. The van der Waals surface area contributed by atoms with Crippen LogP contribution < -0.4 is 4.90 Å². The van der Waals surface area contributed by atoms with E-state index in [1.165, 1.54) is 0 Å². The van der Waals surface area contributed by atoms with Crippen molar-refractivity contribution in [3.05, 3.63) is 22.4 Å². The zero-order valence-electron chi connectivity index (χ0n) is 18.5. The summed E-state index contributed by atoms with van der Waals surface area (Å²) in [5, 5.41) is 10.0. The lowest BCUT2D eigenvalue weighted by Crippen LogP contribution is -2.49. The maximum absolute atomic E-state index is 12.2. The minimum absolute atomic E-state index is 0.227. The van der Waals surface area contributed by atoms with E-state index >= 15 is 0 Å². The molecule has 0 spiro atoms. The van der Waals surface area contributed by atoms with Gasteiger partial charge in [-0.25, -0.2) is 4.98 Å². The zero-order chi connectivity index (χ0) is 21.2. The average Bonchev–Trinajstić information content (AvgIpc) is 2.66. The van der Waals surface area contributed by atoms with E-state index in [1.807, 2.05) is 11.8 Å². The third-order valence-electron chi connectivity index (χ3n) is 5.80. The molecule has 0 saturated carbocycles. The molecule has 0 bridgehead atoms. The Morgan fingerprint density at radius 2 is 1.93 bits per heavy atom. The van der Waals surface area contributed by atoms with Crippen molar-refractivity contribution < 1.29 is 9.53 Å². The molecule has 3 rings (SSSR count). The Morgan fingerprint density at radius 3 is 2.52 bits per heavy atom. The van der Waals surface area contributed by atoms with Crippen molar-refractivity contribution in [3.63, 3.8) is 0 Å². The number of fused-ring (bicyclic) bond motifs is 1. The number of nitriles is 1. The van der Waals surface area contributed by atoms with Crippen LogP contribution >= 0.6 is 0 Å². The summed E-state index contributed by atoms with van der Waals surface area (Å²) in [7, 11) is 0. The third-order valence-corrected chi connectivity index (χ3v) is 5.80. The number of nitrogens with zero attached hydrogens (tertiary/aromatic N) is 4. The topological polar surface area (TPSA) is 69.5 Å². The predicted octanol–water partition coefficient (Wildman–Crippen LogP) is 3.45. The van der Waals surface area contributed by atoms with Gasteiger partial charge in [0.25, 0.3) is 0 Å². The molecule has 1 aromatic heterocycles. The van der Waals surface area contributed by atoms with Gasteiger partial charge in [0, 0.05) is 50.3 Å². The quantitative estimate of drug-likeness (QED) is 0.760. The van der Waals surface area contributed by atoms with Crippen LogP contribution in [-0.2, 0) is 29.0 Å². The monoisotopic (exact) mass is 398 g/mol. The highest BCUT2D eigenvalue weighted by Crippen LogP contribution is 2.36. The van der Waals surface area contributed by atoms with Crippen LogP contribution in [0, 0.1) is 17.2 Å². The van der Waals surface area contributed by atoms with Gasteiger partial charge < -0.3 is 14.5 Å². The molecule has 1 aromatic rings. The number of hydrogen-bond acceptors (Lipinski definition) is 5. The van der Waals surface area contributed by atoms with Gasteiger partial charge in [0.2, 0.25) is 5.91 Å². The second kappa shape index (κ2) is 8.71. The molecule has 2 aliphatic heterocycles. The van der Waals surface area contributed by atoms with Gasteiger partial charge in [-0.2, -0.15) is 5.26 Å². The smallest absolute Gasteiger partial charge is 0.222 e. The maximum Gasteiger partial charge on any atom is 0.222 e. The van der Waals surface area contributed by atoms with E-state index in [9.17, 15) is 10.1 Å². The van der Waals surface area contributed by atoms with Crippen molar-refractivity contribution in [3.8, 4) is 6.07 Å². The fraction of sp³-hybridized carbons (Fsp3) is 0.696. The van der Waals surface area contributed by atoms with Crippen LogP contribution in [-0.4, -0.2) is 47.6 Å². The van der Waals surface area contributed by atoms with E-state index in [4.69, 9.17) is 9.72 Å². The number of carbonyl (C=O) groups is 1. The average molecular weight is 399 g/mol. The van der Waals surface area contributed by atoms with E-state index in [0.29, 0.717) is 37.6 Å². The molecule has 1 amide bonds. The van der Waals surface area contributed by atoms with Gasteiger partial charge >= 0.3 is 0 Å². The SMILES string of the molecule is CCCC(=O)N1CCN(c2nc(CC(C)C)c3c(c2C#N)CC(C)(C)OC3)CC1. The highest BCUT2D eigenvalue weighted by atomic mass is 16.5. The first kappa shape index (κ1) is 21.6. The molecule has 1 saturated heterocycles. The van der Waals surface area contributed by atoms with Crippen molar-refractivity contribution in [1.82, 2.24) is 9.88 Å². The zero-order valence-corrected chi connectivity index (χ0v) is 18.5. The summed E-state index contributed by atoms with van der Waals surface area (Å²) < 4.78 is 6.06. The Morgan fingerprint density at radius 1 is 1.24 bits per heavy atom.